The Labute approximate surface area is 168 Å². The molecule has 1 aromatic heterocycles. The maximum atomic E-state index is 12.2. The number of furan rings is 1. The number of fused-ring (bicyclic) bond motifs is 1. The molecule has 7 nitrogen and oxygen atoms in total. The van der Waals surface area contributed by atoms with Crippen LogP contribution in [0.1, 0.15) is 18.1 Å². The van der Waals surface area contributed by atoms with E-state index in [0.29, 0.717) is 24.1 Å². The highest BCUT2D eigenvalue weighted by Crippen LogP contribution is 2.25. The zero-order valence-electron chi connectivity index (χ0n) is 16.3. The van der Waals surface area contributed by atoms with Gasteiger partial charge in [-0.2, -0.15) is 0 Å². The molecule has 0 radical (unpaired) electrons. The Balaban J connectivity index is 1.46. The number of hydrogen-bond donors (Lipinski definition) is 2. The van der Waals surface area contributed by atoms with Gasteiger partial charge in [0.25, 0.3) is 5.91 Å². The van der Waals surface area contributed by atoms with Crippen LogP contribution in [-0.4, -0.2) is 36.7 Å². The number of hydrogen-bond acceptors (Lipinski definition) is 6. The highest BCUT2D eigenvalue weighted by atomic mass is 16.5. The van der Waals surface area contributed by atoms with Gasteiger partial charge in [0.2, 0.25) is 0 Å². The van der Waals surface area contributed by atoms with Crippen molar-refractivity contribution >= 4 is 22.8 Å². The van der Waals surface area contributed by atoms with Crippen molar-refractivity contribution in [1.29, 1.82) is 0 Å². The lowest BCUT2D eigenvalue weighted by molar-refractivity contribution is -0.154. The fraction of sp³-hybridized carbons (Fsp3) is 0.273. The molecule has 1 amide bonds. The lowest BCUT2D eigenvalue weighted by Gasteiger charge is -2.13. The predicted molar refractivity (Wildman–Crippen MR) is 107 cm³/mol. The highest BCUT2D eigenvalue weighted by Gasteiger charge is 2.19. The first kappa shape index (κ1) is 20.3. The number of aromatic hydroxyl groups is 1. The van der Waals surface area contributed by atoms with E-state index in [1.165, 1.54) is 25.3 Å². The summed E-state index contributed by atoms with van der Waals surface area (Å²) in [6.07, 6.45) is 1.18. The van der Waals surface area contributed by atoms with Crippen molar-refractivity contribution < 1.29 is 28.6 Å². The van der Waals surface area contributed by atoms with E-state index in [4.69, 9.17) is 13.9 Å². The Bertz CT molecular complexity index is 992. The van der Waals surface area contributed by atoms with E-state index < -0.39 is 12.1 Å². The SMILES string of the molecule is COc1ccc(CCNC(=O)[C@@H](C)OC(=O)Cc2coc3cc(O)ccc23)cc1. The number of nitrogens with one attached hydrogen (secondary N) is 1. The van der Waals surface area contributed by atoms with Crippen LogP contribution < -0.4 is 10.1 Å². The average Bonchev–Trinajstić information content (AvgIpc) is 3.09. The van der Waals surface area contributed by atoms with Gasteiger partial charge in [-0.15, -0.1) is 0 Å². The topological polar surface area (TPSA) is 98.0 Å². The van der Waals surface area contributed by atoms with Crippen LogP contribution in [0.15, 0.2) is 53.1 Å². The van der Waals surface area contributed by atoms with Gasteiger partial charge in [-0.3, -0.25) is 9.59 Å². The van der Waals surface area contributed by atoms with Crippen LogP contribution in [-0.2, 0) is 27.2 Å². The summed E-state index contributed by atoms with van der Waals surface area (Å²) in [4.78, 5) is 24.4. The largest absolute Gasteiger partial charge is 0.508 e. The van der Waals surface area contributed by atoms with Crippen LogP contribution in [0.25, 0.3) is 11.0 Å². The van der Waals surface area contributed by atoms with E-state index in [1.54, 1.807) is 13.2 Å². The summed E-state index contributed by atoms with van der Waals surface area (Å²) >= 11 is 0. The molecule has 0 saturated heterocycles. The van der Waals surface area contributed by atoms with Gasteiger partial charge in [-0.05, 0) is 43.2 Å². The second-order valence-electron chi connectivity index (χ2n) is 6.64. The molecule has 0 aliphatic rings. The highest BCUT2D eigenvalue weighted by molar-refractivity contribution is 5.88. The number of methoxy groups -OCH3 is 1. The molecule has 0 aliphatic heterocycles. The first-order chi connectivity index (χ1) is 14.0. The molecule has 0 fully saturated rings. The maximum absolute atomic E-state index is 12.2. The summed E-state index contributed by atoms with van der Waals surface area (Å²) < 4.78 is 15.7. The number of carbonyl (C=O) groups is 2. The van der Waals surface area contributed by atoms with Crippen molar-refractivity contribution in [3.8, 4) is 11.5 Å². The van der Waals surface area contributed by atoms with Crippen LogP contribution in [0.5, 0.6) is 11.5 Å². The monoisotopic (exact) mass is 397 g/mol. The molecule has 1 atom stereocenters. The molecule has 0 saturated carbocycles. The fourth-order valence-corrected chi connectivity index (χ4v) is 2.92. The van der Waals surface area contributed by atoms with Crippen molar-refractivity contribution in [2.75, 3.05) is 13.7 Å². The van der Waals surface area contributed by atoms with Gasteiger partial charge < -0.3 is 24.3 Å². The number of carbonyl (C=O) groups excluding carboxylic acids is 2. The third-order valence-electron chi connectivity index (χ3n) is 4.52. The fourth-order valence-electron chi connectivity index (χ4n) is 2.92. The predicted octanol–water partition coefficient (Wildman–Crippen LogP) is 2.98. The molecule has 7 heteroatoms. The first-order valence-electron chi connectivity index (χ1n) is 9.25. The van der Waals surface area contributed by atoms with Crippen LogP contribution in [0.4, 0.5) is 0 Å². The van der Waals surface area contributed by atoms with Gasteiger partial charge in [0, 0.05) is 23.6 Å². The minimum absolute atomic E-state index is 0.0265. The first-order valence-corrected chi connectivity index (χ1v) is 9.25. The summed E-state index contributed by atoms with van der Waals surface area (Å²) in [5.74, 6) is -0.0196. The molecule has 2 aromatic carbocycles. The lowest BCUT2D eigenvalue weighted by atomic mass is 10.1. The molecule has 2 N–H and O–H groups in total. The third-order valence-corrected chi connectivity index (χ3v) is 4.52. The molecule has 0 unspecified atom stereocenters. The quantitative estimate of drug-likeness (QED) is 0.567. The van der Waals surface area contributed by atoms with Crippen molar-refractivity contribution in [1.82, 2.24) is 5.32 Å². The van der Waals surface area contributed by atoms with E-state index in [-0.39, 0.29) is 18.1 Å². The molecule has 3 rings (SSSR count). The molecule has 0 aliphatic carbocycles. The van der Waals surface area contributed by atoms with Crippen molar-refractivity contribution in [3.05, 3.63) is 59.9 Å². The molecule has 0 bridgehead atoms. The van der Waals surface area contributed by atoms with Gasteiger partial charge >= 0.3 is 5.97 Å². The van der Waals surface area contributed by atoms with Crippen molar-refractivity contribution in [2.24, 2.45) is 0 Å². The van der Waals surface area contributed by atoms with E-state index in [0.717, 1.165) is 16.7 Å². The smallest absolute Gasteiger partial charge is 0.311 e. The molecule has 1 heterocycles. The van der Waals surface area contributed by atoms with Gasteiger partial charge in [0.1, 0.15) is 17.1 Å². The Morgan fingerprint density at radius 1 is 1.17 bits per heavy atom. The van der Waals surface area contributed by atoms with E-state index >= 15 is 0 Å². The zero-order chi connectivity index (χ0) is 20.8. The van der Waals surface area contributed by atoms with Crippen LogP contribution in [0.3, 0.4) is 0 Å². The Hall–Kier alpha value is -3.48. The summed E-state index contributed by atoms with van der Waals surface area (Å²) in [5.41, 5.74) is 2.18. The lowest BCUT2D eigenvalue weighted by Crippen LogP contribution is -2.37. The normalized spacial score (nSPS) is 11.8. The molecule has 152 valence electrons. The summed E-state index contributed by atoms with van der Waals surface area (Å²) in [7, 11) is 1.61. The minimum atomic E-state index is -0.902. The van der Waals surface area contributed by atoms with Crippen molar-refractivity contribution in [3.63, 3.8) is 0 Å². The van der Waals surface area contributed by atoms with E-state index in [1.807, 2.05) is 24.3 Å². The van der Waals surface area contributed by atoms with Crippen LogP contribution >= 0.6 is 0 Å². The van der Waals surface area contributed by atoms with Crippen molar-refractivity contribution in [2.45, 2.75) is 25.9 Å². The Kier molecular flexibility index (Phi) is 6.39. The maximum Gasteiger partial charge on any atom is 0.311 e. The zero-order valence-corrected chi connectivity index (χ0v) is 16.3. The van der Waals surface area contributed by atoms with E-state index in [2.05, 4.69) is 5.32 Å². The Morgan fingerprint density at radius 3 is 2.66 bits per heavy atom. The van der Waals surface area contributed by atoms with Crippen LogP contribution in [0.2, 0.25) is 0 Å². The minimum Gasteiger partial charge on any atom is -0.508 e. The second kappa shape index (κ2) is 9.14. The number of phenols is 1. The summed E-state index contributed by atoms with van der Waals surface area (Å²) in [6, 6.07) is 12.3. The van der Waals surface area contributed by atoms with Crippen LogP contribution in [0, 0.1) is 0 Å². The molecule has 3 aromatic rings. The average molecular weight is 397 g/mol. The van der Waals surface area contributed by atoms with Gasteiger partial charge in [0.15, 0.2) is 6.10 Å². The number of rotatable bonds is 8. The second-order valence-corrected chi connectivity index (χ2v) is 6.64. The third kappa shape index (κ3) is 5.28. The molecular formula is C22H23NO6. The van der Waals surface area contributed by atoms with E-state index in [9.17, 15) is 14.7 Å². The van der Waals surface area contributed by atoms with Gasteiger partial charge in [0.05, 0.1) is 19.8 Å². The summed E-state index contributed by atoms with van der Waals surface area (Å²) in [6.45, 7) is 1.97. The number of phenolic OH excluding ortho intramolecular Hbond substituents is 1. The van der Waals surface area contributed by atoms with Gasteiger partial charge in [-0.25, -0.2) is 0 Å². The Morgan fingerprint density at radius 2 is 1.93 bits per heavy atom. The molecular weight excluding hydrogens is 374 g/mol. The van der Waals surface area contributed by atoms with Gasteiger partial charge in [-0.1, -0.05) is 12.1 Å². The molecule has 0 spiro atoms. The number of amides is 1. The number of benzene rings is 2. The summed E-state index contributed by atoms with van der Waals surface area (Å²) in [5, 5.41) is 13.0. The number of esters is 1. The molecule has 29 heavy (non-hydrogen) atoms. The number of ether oxygens (including phenoxy) is 2. The standard InChI is InChI=1S/C22H23NO6/c1-14(22(26)23-10-9-15-3-6-18(27-2)7-4-15)29-21(25)11-16-13-28-20-12-17(24)5-8-19(16)20/h3-8,12-14,24H,9-11H2,1-2H3,(H,23,26)/t14-/m1/s1.